The zero-order chi connectivity index (χ0) is 17.1. The van der Waals surface area contributed by atoms with Crippen LogP contribution in [0, 0.1) is 26.7 Å². The van der Waals surface area contributed by atoms with Gasteiger partial charge in [0.15, 0.2) is 0 Å². The summed E-state index contributed by atoms with van der Waals surface area (Å²) in [6.07, 6.45) is 0. The van der Waals surface area contributed by atoms with Crippen LogP contribution in [0.1, 0.15) is 23.9 Å². The molecule has 0 fully saturated rings. The maximum atomic E-state index is 12.5. The Morgan fingerprint density at radius 3 is 2.65 bits per heavy atom. The highest BCUT2D eigenvalue weighted by molar-refractivity contribution is 9.10. The van der Waals surface area contributed by atoms with E-state index >= 15 is 0 Å². The largest absolute Gasteiger partial charge is 0.495 e. The van der Waals surface area contributed by atoms with Gasteiger partial charge in [-0.1, -0.05) is 13.0 Å². The average Bonchev–Trinajstić information content (AvgIpc) is 2.74. The van der Waals surface area contributed by atoms with Gasteiger partial charge in [0.05, 0.1) is 35.4 Å². The van der Waals surface area contributed by atoms with Crippen LogP contribution in [0.4, 0.5) is 5.69 Å². The summed E-state index contributed by atoms with van der Waals surface area (Å²) in [5, 5.41) is 7.40. The summed E-state index contributed by atoms with van der Waals surface area (Å²) in [5.74, 6) is 0.382. The van der Waals surface area contributed by atoms with E-state index in [-0.39, 0.29) is 11.8 Å². The number of rotatable bonds is 5. The average molecular weight is 380 g/mol. The molecule has 124 valence electrons. The van der Waals surface area contributed by atoms with Gasteiger partial charge in [-0.05, 0) is 54.4 Å². The molecule has 0 saturated heterocycles. The van der Waals surface area contributed by atoms with Crippen LogP contribution in [-0.2, 0) is 11.3 Å². The third-order valence-corrected chi connectivity index (χ3v) is 4.95. The Morgan fingerprint density at radius 1 is 1.39 bits per heavy atom. The predicted octanol–water partition coefficient (Wildman–Crippen LogP) is 3.85. The molecule has 1 heterocycles. The summed E-state index contributed by atoms with van der Waals surface area (Å²) in [4.78, 5) is 12.5. The maximum Gasteiger partial charge on any atom is 0.229 e. The topological polar surface area (TPSA) is 56.1 Å². The fourth-order valence-corrected chi connectivity index (χ4v) is 2.65. The molecule has 1 aromatic heterocycles. The van der Waals surface area contributed by atoms with E-state index in [4.69, 9.17) is 4.74 Å². The van der Waals surface area contributed by atoms with Gasteiger partial charge in [0, 0.05) is 5.69 Å². The molecule has 1 atom stereocenters. The van der Waals surface area contributed by atoms with Crippen molar-refractivity contribution in [1.29, 1.82) is 0 Å². The first-order chi connectivity index (χ1) is 10.8. The quantitative estimate of drug-likeness (QED) is 0.857. The number of hydrogen-bond donors (Lipinski definition) is 1. The minimum Gasteiger partial charge on any atom is -0.495 e. The molecule has 23 heavy (non-hydrogen) atoms. The molecule has 2 aromatic rings. The van der Waals surface area contributed by atoms with Crippen LogP contribution in [0.3, 0.4) is 0 Å². The Bertz CT molecular complexity index is 725. The van der Waals surface area contributed by atoms with Gasteiger partial charge in [0.25, 0.3) is 0 Å². The van der Waals surface area contributed by atoms with Crippen molar-refractivity contribution in [2.75, 3.05) is 12.4 Å². The van der Waals surface area contributed by atoms with Gasteiger partial charge < -0.3 is 10.1 Å². The zero-order valence-electron chi connectivity index (χ0n) is 14.1. The molecule has 1 aromatic carbocycles. The van der Waals surface area contributed by atoms with Crippen LogP contribution in [0.15, 0.2) is 22.7 Å². The van der Waals surface area contributed by atoms with Crippen molar-refractivity contribution in [1.82, 2.24) is 9.78 Å². The second-order valence-electron chi connectivity index (χ2n) is 5.76. The fraction of sp³-hybridized carbons (Fsp3) is 0.412. The molecule has 1 amide bonds. The molecule has 0 saturated carbocycles. The van der Waals surface area contributed by atoms with Crippen LogP contribution in [0.2, 0.25) is 0 Å². The van der Waals surface area contributed by atoms with Crippen molar-refractivity contribution in [2.45, 2.75) is 34.2 Å². The summed E-state index contributed by atoms with van der Waals surface area (Å²) in [5.41, 5.74) is 3.71. The number of aromatic nitrogens is 2. The Labute approximate surface area is 145 Å². The molecular weight excluding hydrogens is 358 g/mol. The normalized spacial score (nSPS) is 12.1. The van der Waals surface area contributed by atoms with Crippen LogP contribution < -0.4 is 10.1 Å². The monoisotopic (exact) mass is 379 g/mol. The first-order valence-electron chi connectivity index (χ1n) is 7.48. The number of ether oxygens (including phenoxy) is 1. The van der Waals surface area contributed by atoms with Crippen LogP contribution in [0.5, 0.6) is 5.75 Å². The number of amides is 1. The summed E-state index contributed by atoms with van der Waals surface area (Å²) in [6, 6.07) is 5.71. The van der Waals surface area contributed by atoms with Gasteiger partial charge in [0.1, 0.15) is 5.75 Å². The number of halogens is 1. The van der Waals surface area contributed by atoms with E-state index in [0.29, 0.717) is 18.0 Å². The number of anilines is 1. The van der Waals surface area contributed by atoms with E-state index in [0.717, 1.165) is 21.4 Å². The third kappa shape index (κ3) is 3.93. The van der Waals surface area contributed by atoms with Crippen molar-refractivity contribution >= 4 is 27.5 Å². The van der Waals surface area contributed by atoms with Crippen LogP contribution >= 0.6 is 15.9 Å². The van der Waals surface area contributed by atoms with Crippen molar-refractivity contribution in [2.24, 2.45) is 5.92 Å². The standard InChI is InChI=1S/C17H22BrN3O2/c1-10-6-7-15(23-5)14(8-10)19-17(22)11(2)9-21-13(4)16(18)12(3)20-21/h6-8,11H,9H2,1-5H3,(H,19,22)/t11-/m1/s1. The van der Waals surface area contributed by atoms with E-state index in [9.17, 15) is 4.79 Å². The molecule has 2 rings (SSSR count). The van der Waals surface area contributed by atoms with E-state index in [1.807, 2.05) is 50.6 Å². The Balaban J connectivity index is 2.11. The summed E-state index contributed by atoms with van der Waals surface area (Å²) >= 11 is 3.51. The number of nitrogens with one attached hydrogen (secondary N) is 1. The van der Waals surface area contributed by atoms with E-state index in [2.05, 4.69) is 26.3 Å². The van der Waals surface area contributed by atoms with Crippen molar-refractivity contribution in [3.8, 4) is 5.75 Å². The minimum absolute atomic E-state index is 0.0578. The van der Waals surface area contributed by atoms with Gasteiger partial charge in [-0.3, -0.25) is 9.48 Å². The second-order valence-corrected chi connectivity index (χ2v) is 6.55. The minimum atomic E-state index is -0.217. The summed E-state index contributed by atoms with van der Waals surface area (Å²) in [7, 11) is 1.59. The number of benzene rings is 1. The molecule has 6 heteroatoms. The molecular formula is C17H22BrN3O2. The zero-order valence-corrected chi connectivity index (χ0v) is 15.7. The number of hydrogen-bond acceptors (Lipinski definition) is 3. The number of carbonyl (C=O) groups excluding carboxylic acids is 1. The Morgan fingerprint density at radius 2 is 2.09 bits per heavy atom. The van der Waals surface area contributed by atoms with Crippen molar-refractivity contribution in [3.63, 3.8) is 0 Å². The first kappa shape index (κ1) is 17.5. The van der Waals surface area contributed by atoms with Crippen molar-refractivity contribution in [3.05, 3.63) is 39.6 Å². The summed E-state index contributed by atoms with van der Waals surface area (Å²) in [6.45, 7) is 8.32. The number of carbonyl (C=O) groups is 1. The maximum absolute atomic E-state index is 12.5. The number of aryl methyl sites for hydroxylation is 2. The lowest BCUT2D eigenvalue weighted by molar-refractivity contribution is -0.119. The van der Waals surface area contributed by atoms with Crippen LogP contribution in [-0.4, -0.2) is 22.8 Å². The predicted molar refractivity (Wildman–Crippen MR) is 94.9 cm³/mol. The molecule has 5 nitrogen and oxygen atoms in total. The van der Waals surface area contributed by atoms with Gasteiger partial charge in [0.2, 0.25) is 5.91 Å². The second kappa shape index (κ2) is 7.17. The first-order valence-corrected chi connectivity index (χ1v) is 8.27. The highest BCUT2D eigenvalue weighted by Crippen LogP contribution is 2.26. The SMILES string of the molecule is COc1ccc(C)cc1NC(=O)[C@H](C)Cn1nc(C)c(Br)c1C. The number of methoxy groups -OCH3 is 1. The molecule has 0 spiro atoms. The molecule has 0 bridgehead atoms. The fourth-order valence-electron chi connectivity index (χ4n) is 2.37. The smallest absolute Gasteiger partial charge is 0.229 e. The van der Waals surface area contributed by atoms with E-state index in [1.165, 1.54) is 0 Å². The number of nitrogens with zero attached hydrogens (tertiary/aromatic N) is 2. The molecule has 0 aliphatic carbocycles. The lowest BCUT2D eigenvalue weighted by Gasteiger charge is -2.15. The molecule has 0 aliphatic heterocycles. The lowest BCUT2D eigenvalue weighted by Crippen LogP contribution is -2.25. The van der Waals surface area contributed by atoms with Crippen LogP contribution in [0.25, 0.3) is 0 Å². The lowest BCUT2D eigenvalue weighted by atomic mass is 10.1. The van der Waals surface area contributed by atoms with E-state index < -0.39 is 0 Å². The third-order valence-electron chi connectivity index (χ3n) is 3.80. The van der Waals surface area contributed by atoms with Gasteiger partial charge in [-0.2, -0.15) is 5.10 Å². The molecule has 1 N–H and O–H groups in total. The highest BCUT2D eigenvalue weighted by atomic mass is 79.9. The van der Waals surface area contributed by atoms with Gasteiger partial charge in [-0.25, -0.2) is 0 Å². The van der Waals surface area contributed by atoms with Crippen molar-refractivity contribution < 1.29 is 9.53 Å². The van der Waals surface area contributed by atoms with Gasteiger partial charge in [-0.15, -0.1) is 0 Å². The summed E-state index contributed by atoms with van der Waals surface area (Å²) < 4.78 is 8.15. The molecule has 0 radical (unpaired) electrons. The highest BCUT2D eigenvalue weighted by Gasteiger charge is 2.18. The Kier molecular flexibility index (Phi) is 5.46. The van der Waals surface area contributed by atoms with E-state index in [1.54, 1.807) is 7.11 Å². The molecule has 0 unspecified atom stereocenters. The van der Waals surface area contributed by atoms with Gasteiger partial charge >= 0.3 is 0 Å². The molecule has 0 aliphatic rings. The Hall–Kier alpha value is -1.82.